The monoisotopic (exact) mass is 429 g/mol. The van der Waals surface area contributed by atoms with Crippen LogP contribution in [0, 0.1) is 6.92 Å². The number of carbonyl (C=O) groups excluding carboxylic acids is 1. The van der Waals surface area contributed by atoms with E-state index >= 15 is 0 Å². The van der Waals surface area contributed by atoms with E-state index in [0.717, 1.165) is 15.4 Å². The zero-order chi connectivity index (χ0) is 20.9. The Morgan fingerprint density at radius 2 is 1.69 bits per heavy atom. The molecule has 2 aromatic carbocycles. The lowest BCUT2D eigenvalue weighted by atomic mass is 10.2. The molecule has 0 aliphatic heterocycles. The molecular weight excluding hydrogens is 410 g/mol. The van der Waals surface area contributed by atoms with Gasteiger partial charge in [0.2, 0.25) is 5.91 Å². The summed E-state index contributed by atoms with van der Waals surface area (Å²) in [5.41, 5.74) is 2.06. The molecule has 0 spiro atoms. The van der Waals surface area contributed by atoms with Crippen LogP contribution in [-0.4, -0.2) is 25.9 Å². The molecule has 0 saturated carbocycles. The van der Waals surface area contributed by atoms with Gasteiger partial charge in [-0.25, -0.2) is 8.42 Å². The van der Waals surface area contributed by atoms with Crippen LogP contribution >= 0.6 is 11.6 Å². The SMILES string of the molecule is Cc1ccccc1N(CC(=O)NCc1ccncc1)S(=O)(=O)c1ccc(Cl)cc1. The van der Waals surface area contributed by atoms with E-state index < -0.39 is 15.9 Å². The highest BCUT2D eigenvalue weighted by atomic mass is 35.5. The van der Waals surface area contributed by atoms with E-state index in [4.69, 9.17) is 11.6 Å². The Morgan fingerprint density at radius 1 is 1.03 bits per heavy atom. The number of amides is 1. The minimum Gasteiger partial charge on any atom is -0.350 e. The van der Waals surface area contributed by atoms with E-state index in [1.54, 1.807) is 49.6 Å². The van der Waals surface area contributed by atoms with E-state index in [-0.39, 0.29) is 18.0 Å². The fourth-order valence-corrected chi connectivity index (χ4v) is 4.38. The number of carbonyl (C=O) groups is 1. The third kappa shape index (κ3) is 5.13. The van der Waals surface area contributed by atoms with Gasteiger partial charge in [-0.05, 0) is 60.5 Å². The molecule has 0 aliphatic carbocycles. The second-order valence-electron chi connectivity index (χ2n) is 6.38. The van der Waals surface area contributed by atoms with Gasteiger partial charge in [0.15, 0.2) is 0 Å². The molecular formula is C21H20ClN3O3S. The molecule has 0 atom stereocenters. The van der Waals surface area contributed by atoms with Crippen LogP contribution in [0.15, 0.2) is 78.0 Å². The lowest BCUT2D eigenvalue weighted by Gasteiger charge is -2.25. The number of rotatable bonds is 7. The van der Waals surface area contributed by atoms with Crippen molar-refractivity contribution in [1.82, 2.24) is 10.3 Å². The van der Waals surface area contributed by atoms with Crippen molar-refractivity contribution in [2.24, 2.45) is 0 Å². The fraction of sp³-hybridized carbons (Fsp3) is 0.143. The summed E-state index contributed by atoms with van der Waals surface area (Å²) in [5, 5.41) is 3.19. The molecule has 0 aliphatic rings. The first kappa shape index (κ1) is 20.8. The molecule has 0 bridgehead atoms. The van der Waals surface area contributed by atoms with E-state index in [9.17, 15) is 13.2 Å². The highest BCUT2D eigenvalue weighted by molar-refractivity contribution is 7.92. The minimum atomic E-state index is -3.97. The highest BCUT2D eigenvalue weighted by Gasteiger charge is 2.28. The summed E-state index contributed by atoms with van der Waals surface area (Å²) in [6.45, 7) is 1.74. The molecule has 0 radical (unpaired) electrons. The summed E-state index contributed by atoms with van der Waals surface area (Å²) < 4.78 is 27.7. The first-order valence-corrected chi connectivity index (χ1v) is 10.7. The van der Waals surface area contributed by atoms with Crippen molar-refractivity contribution in [1.29, 1.82) is 0 Å². The minimum absolute atomic E-state index is 0.0621. The molecule has 8 heteroatoms. The fourth-order valence-electron chi connectivity index (χ4n) is 2.76. The standard InChI is InChI=1S/C21H20ClN3O3S/c1-16-4-2-3-5-20(16)25(29(27,28)19-8-6-18(22)7-9-19)15-21(26)24-14-17-10-12-23-13-11-17/h2-13H,14-15H2,1H3,(H,24,26). The summed E-state index contributed by atoms with van der Waals surface area (Å²) in [7, 11) is -3.97. The number of aryl methyl sites for hydroxylation is 1. The Morgan fingerprint density at radius 3 is 2.34 bits per heavy atom. The van der Waals surface area contributed by atoms with Crippen molar-refractivity contribution in [3.8, 4) is 0 Å². The number of aromatic nitrogens is 1. The van der Waals surface area contributed by atoms with Crippen LogP contribution in [0.1, 0.15) is 11.1 Å². The van der Waals surface area contributed by atoms with E-state index in [1.807, 2.05) is 6.07 Å². The average Bonchev–Trinajstić information content (AvgIpc) is 2.72. The van der Waals surface area contributed by atoms with Gasteiger partial charge < -0.3 is 5.32 Å². The summed E-state index contributed by atoms with van der Waals surface area (Å²) >= 11 is 5.89. The third-order valence-corrected chi connectivity index (χ3v) is 6.34. The average molecular weight is 430 g/mol. The van der Waals surface area contributed by atoms with Gasteiger partial charge in [0.05, 0.1) is 10.6 Å². The quantitative estimate of drug-likeness (QED) is 0.622. The van der Waals surface area contributed by atoms with E-state index in [1.165, 1.54) is 24.3 Å². The lowest BCUT2D eigenvalue weighted by molar-refractivity contribution is -0.119. The molecule has 1 N–H and O–H groups in total. The number of halogens is 1. The second kappa shape index (κ2) is 9.07. The molecule has 0 unspecified atom stereocenters. The topological polar surface area (TPSA) is 79.4 Å². The normalized spacial score (nSPS) is 11.1. The molecule has 1 heterocycles. The third-order valence-electron chi connectivity index (χ3n) is 4.31. The molecule has 29 heavy (non-hydrogen) atoms. The second-order valence-corrected chi connectivity index (χ2v) is 8.68. The summed E-state index contributed by atoms with van der Waals surface area (Å²) in [6.07, 6.45) is 3.26. The Kier molecular flexibility index (Phi) is 6.51. The largest absolute Gasteiger partial charge is 0.350 e. The van der Waals surface area contributed by atoms with Crippen molar-refractivity contribution in [3.05, 3.63) is 89.2 Å². The lowest BCUT2D eigenvalue weighted by Crippen LogP contribution is -2.41. The maximum absolute atomic E-state index is 13.3. The van der Waals surface area contributed by atoms with Gasteiger partial charge in [-0.3, -0.25) is 14.1 Å². The first-order chi connectivity index (χ1) is 13.9. The van der Waals surface area contributed by atoms with Crippen molar-refractivity contribution in [2.45, 2.75) is 18.4 Å². The zero-order valence-electron chi connectivity index (χ0n) is 15.7. The van der Waals surface area contributed by atoms with Crippen LogP contribution in [0.2, 0.25) is 5.02 Å². The van der Waals surface area contributed by atoms with Gasteiger partial charge in [0, 0.05) is 24.0 Å². The molecule has 150 valence electrons. The van der Waals surface area contributed by atoms with Crippen LogP contribution < -0.4 is 9.62 Å². The molecule has 1 aromatic heterocycles. The highest BCUT2D eigenvalue weighted by Crippen LogP contribution is 2.27. The van der Waals surface area contributed by atoms with Gasteiger partial charge in [-0.15, -0.1) is 0 Å². The predicted molar refractivity (Wildman–Crippen MR) is 113 cm³/mol. The number of nitrogens with zero attached hydrogens (tertiary/aromatic N) is 2. The van der Waals surface area contributed by atoms with Crippen molar-refractivity contribution < 1.29 is 13.2 Å². The van der Waals surface area contributed by atoms with Crippen molar-refractivity contribution >= 4 is 33.2 Å². The maximum Gasteiger partial charge on any atom is 0.264 e. The van der Waals surface area contributed by atoms with Gasteiger partial charge in [0.25, 0.3) is 10.0 Å². The van der Waals surface area contributed by atoms with Crippen LogP contribution in [-0.2, 0) is 21.4 Å². The number of benzene rings is 2. The maximum atomic E-state index is 13.3. The van der Waals surface area contributed by atoms with Crippen LogP contribution in [0.25, 0.3) is 0 Å². The van der Waals surface area contributed by atoms with Gasteiger partial charge in [-0.1, -0.05) is 29.8 Å². The number of sulfonamides is 1. The molecule has 0 saturated heterocycles. The Balaban J connectivity index is 1.88. The number of nitrogens with one attached hydrogen (secondary N) is 1. The van der Waals surface area contributed by atoms with Gasteiger partial charge in [0.1, 0.15) is 6.54 Å². The Bertz CT molecular complexity index is 1090. The first-order valence-electron chi connectivity index (χ1n) is 8.87. The number of hydrogen-bond acceptors (Lipinski definition) is 4. The summed E-state index contributed by atoms with van der Waals surface area (Å²) in [5.74, 6) is -0.414. The van der Waals surface area contributed by atoms with Gasteiger partial charge >= 0.3 is 0 Å². The smallest absolute Gasteiger partial charge is 0.264 e. The number of para-hydroxylation sites is 1. The summed E-state index contributed by atoms with van der Waals surface area (Å²) in [4.78, 5) is 16.6. The molecule has 3 aromatic rings. The Labute approximate surface area is 175 Å². The molecule has 3 rings (SSSR count). The molecule has 0 fully saturated rings. The van der Waals surface area contributed by atoms with Crippen LogP contribution in [0.5, 0.6) is 0 Å². The number of anilines is 1. The summed E-state index contributed by atoms with van der Waals surface area (Å²) in [6, 6.07) is 16.5. The van der Waals surface area contributed by atoms with Gasteiger partial charge in [-0.2, -0.15) is 0 Å². The zero-order valence-corrected chi connectivity index (χ0v) is 17.3. The van der Waals surface area contributed by atoms with Crippen LogP contribution in [0.3, 0.4) is 0 Å². The molecule has 6 nitrogen and oxygen atoms in total. The van der Waals surface area contributed by atoms with Crippen LogP contribution in [0.4, 0.5) is 5.69 Å². The molecule has 1 amide bonds. The van der Waals surface area contributed by atoms with Crippen molar-refractivity contribution in [2.75, 3.05) is 10.8 Å². The Hall–Kier alpha value is -2.90. The van der Waals surface area contributed by atoms with E-state index in [2.05, 4.69) is 10.3 Å². The van der Waals surface area contributed by atoms with Crippen molar-refractivity contribution in [3.63, 3.8) is 0 Å². The predicted octanol–water partition coefficient (Wildman–Crippen LogP) is 3.56. The number of hydrogen-bond donors (Lipinski definition) is 1. The van der Waals surface area contributed by atoms with E-state index in [0.29, 0.717) is 10.7 Å². The number of pyridine rings is 1.